The van der Waals surface area contributed by atoms with Crippen LogP contribution in [0, 0.1) is 28.6 Å². The molecule has 0 saturated heterocycles. The highest BCUT2D eigenvalue weighted by atomic mass is 16.3. The number of hydrogen-bond donors (Lipinski definition) is 2. The first-order valence-electron chi connectivity index (χ1n) is 9.26. The zero-order valence-electron chi connectivity index (χ0n) is 14.0. The lowest BCUT2D eigenvalue weighted by Gasteiger charge is -2.64. The summed E-state index contributed by atoms with van der Waals surface area (Å²) < 4.78 is 0. The fraction of sp³-hybridized carbons (Fsp3) is 0.947. The number of carbonyl (C=O) groups is 1. The minimum atomic E-state index is -0.692. The maximum absolute atomic E-state index is 12.4. The standard InChI is InChI=1S/C19H30O3/c1-17-10-7-13-16(12(17)5-6-15(17)21)14(20)11-19(22)9-4-3-8-18(13,19)2/h12-14,16,20,22H,3-11H2,1-2H3/t12-,13+,14?,16-,17-,18+,19?/m0/s1. The molecule has 2 unspecified atom stereocenters. The average Bonchev–Trinajstić information content (AvgIpc) is 2.76. The summed E-state index contributed by atoms with van der Waals surface area (Å²) in [7, 11) is 0. The Kier molecular flexibility index (Phi) is 3.14. The Bertz CT molecular complexity index is 503. The van der Waals surface area contributed by atoms with Crippen LogP contribution in [0.4, 0.5) is 0 Å². The molecule has 0 aromatic heterocycles. The Morgan fingerprint density at radius 2 is 1.77 bits per heavy atom. The van der Waals surface area contributed by atoms with Gasteiger partial charge >= 0.3 is 0 Å². The van der Waals surface area contributed by atoms with Crippen molar-refractivity contribution < 1.29 is 15.0 Å². The van der Waals surface area contributed by atoms with Gasteiger partial charge in [-0.25, -0.2) is 0 Å². The number of aliphatic hydroxyl groups is 2. The maximum atomic E-state index is 12.4. The van der Waals surface area contributed by atoms with Crippen LogP contribution < -0.4 is 0 Å². The second kappa shape index (κ2) is 4.57. The van der Waals surface area contributed by atoms with E-state index in [0.717, 1.165) is 38.5 Å². The summed E-state index contributed by atoms with van der Waals surface area (Å²) in [4.78, 5) is 12.4. The largest absolute Gasteiger partial charge is 0.393 e. The minimum Gasteiger partial charge on any atom is -0.393 e. The monoisotopic (exact) mass is 306 g/mol. The number of Topliss-reactive ketones (excluding diaryl/α,β-unsaturated/α-hetero) is 1. The molecule has 22 heavy (non-hydrogen) atoms. The zero-order chi connectivity index (χ0) is 15.8. The van der Waals surface area contributed by atoms with Crippen molar-refractivity contribution in [2.24, 2.45) is 28.6 Å². The van der Waals surface area contributed by atoms with E-state index in [4.69, 9.17) is 0 Å². The second-order valence-corrected chi connectivity index (χ2v) is 9.14. The van der Waals surface area contributed by atoms with Gasteiger partial charge in [-0.05, 0) is 55.3 Å². The molecular formula is C19H30O3. The Balaban J connectivity index is 1.74. The van der Waals surface area contributed by atoms with Crippen LogP contribution in [0.1, 0.15) is 71.6 Å². The molecule has 0 radical (unpaired) electrons. The molecule has 0 aromatic rings. The van der Waals surface area contributed by atoms with Gasteiger partial charge in [0.15, 0.2) is 0 Å². The van der Waals surface area contributed by atoms with E-state index in [9.17, 15) is 15.0 Å². The third-order valence-corrected chi connectivity index (χ3v) is 8.45. The van der Waals surface area contributed by atoms with E-state index in [1.807, 2.05) is 0 Å². The molecule has 0 aliphatic heterocycles. The van der Waals surface area contributed by atoms with Gasteiger partial charge in [-0.2, -0.15) is 0 Å². The molecule has 3 heteroatoms. The van der Waals surface area contributed by atoms with Gasteiger partial charge in [-0.3, -0.25) is 4.79 Å². The molecule has 0 heterocycles. The highest BCUT2D eigenvalue weighted by Gasteiger charge is 2.66. The topological polar surface area (TPSA) is 57.5 Å². The highest BCUT2D eigenvalue weighted by molar-refractivity contribution is 5.87. The number of rotatable bonds is 0. The summed E-state index contributed by atoms with van der Waals surface area (Å²) in [6.07, 6.45) is 7.87. The molecule has 0 amide bonds. The van der Waals surface area contributed by atoms with Crippen LogP contribution in [0.2, 0.25) is 0 Å². The molecule has 2 N–H and O–H groups in total. The van der Waals surface area contributed by atoms with Crippen LogP contribution in [-0.4, -0.2) is 27.7 Å². The van der Waals surface area contributed by atoms with E-state index in [-0.39, 0.29) is 16.7 Å². The summed E-state index contributed by atoms with van der Waals surface area (Å²) in [5.74, 6) is 1.34. The summed E-state index contributed by atoms with van der Waals surface area (Å²) in [6, 6.07) is 0. The molecule has 3 nitrogen and oxygen atoms in total. The van der Waals surface area contributed by atoms with Crippen LogP contribution in [0.15, 0.2) is 0 Å². The van der Waals surface area contributed by atoms with E-state index in [1.165, 1.54) is 6.42 Å². The number of aliphatic hydroxyl groups excluding tert-OH is 1. The quantitative estimate of drug-likeness (QED) is 0.723. The lowest BCUT2D eigenvalue weighted by atomic mass is 9.43. The Hall–Kier alpha value is -0.410. The smallest absolute Gasteiger partial charge is 0.139 e. The van der Waals surface area contributed by atoms with Crippen LogP contribution in [0.5, 0.6) is 0 Å². The molecule has 4 rings (SSSR count). The molecule has 0 bridgehead atoms. The van der Waals surface area contributed by atoms with Gasteiger partial charge in [0.05, 0.1) is 11.7 Å². The third kappa shape index (κ3) is 1.67. The normalized spacial score (nSPS) is 57.9. The minimum absolute atomic E-state index is 0.0673. The van der Waals surface area contributed by atoms with E-state index in [2.05, 4.69) is 13.8 Å². The molecule has 0 aromatic carbocycles. The fourth-order valence-electron chi connectivity index (χ4n) is 7.02. The molecule has 0 spiro atoms. The summed E-state index contributed by atoms with van der Waals surface area (Å²) in [5.41, 5.74) is -0.965. The van der Waals surface area contributed by atoms with Crippen molar-refractivity contribution in [1.82, 2.24) is 0 Å². The van der Waals surface area contributed by atoms with Crippen molar-refractivity contribution in [1.29, 1.82) is 0 Å². The number of ketones is 1. The second-order valence-electron chi connectivity index (χ2n) is 9.14. The van der Waals surface area contributed by atoms with E-state index < -0.39 is 11.7 Å². The molecule has 7 atom stereocenters. The van der Waals surface area contributed by atoms with Crippen molar-refractivity contribution in [2.45, 2.75) is 83.3 Å². The van der Waals surface area contributed by atoms with Crippen molar-refractivity contribution in [2.75, 3.05) is 0 Å². The van der Waals surface area contributed by atoms with Crippen molar-refractivity contribution in [3.8, 4) is 0 Å². The summed E-state index contributed by atoms with van der Waals surface area (Å²) in [5, 5.41) is 22.2. The molecule has 4 aliphatic carbocycles. The van der Waals surface area contributed by atoms with Gasteiger partial charge in [0.2, 0.25) is 0 Å². The molecular weight excluding hydrogens is 276 g/mol. The average molecular weight is 306 g/mol. The van der Waals surface area contributed by atoms with Gasteiger partial charge in [0.1, 0.15) is 5.78 Å². The first-order valence-corrected chi connectivity index (χ1v) is 9.26. The Labute approximate surface area is 133 Å². The van der Waals surface area contributed by atoms with Crippen LogP contribution in [0.3, 0.4) is 0 Å². The number of hydrogen-bond acceptors (Lipinski definition) is 3. The van der Waals surface area contributed by atoms with Gasteiger partial charge in [-0.15, -0.1) is 0 Å². The van der Waals surface area contributed by atoms with Crippen molar-refractivity contribution in [3.63, 3.8) is 0 Å². The molecule has 4 fully saturated rings. The molecule has 4 aliphatic rings. The van der Waals surface area contributed by atoms with Crippen LogP contribution in [0.25, 0.3) is 0 Å². The van der Waals surface area contributed by atoms with Crippen LogP contribution >= 0.6 is 0 Å². The molecule has 124 valence electrons. The van der Waals surface area contributed by atoms with Crippen molar-refractivity contribution in [3.05, 3.63) is 0 Å². The number of carbonyl (C=O) groups excluding carboxylic acids is 1. The van der Waals surface area contributed by atoms with E-state index in [1.54, 1.807) is 0 Å². The van der Waals surface area contributed by atoms with Gasteiger partial charge in [-0.1, -0.05) is 26.7 Å². The maximum Gasteiger partial charge on any atom is 0.139 e. The third-order valence-electron chi connectivity index (χ3n) is 8.45. The highest BCUT2D eigenvalue weighted by Crippen LogP contribution is 2.66. The predicted molar refractivity (Wildman–Crippen MR) is 84.2 cm³/mol. The zero-order valence-corrected chi connectivity index (χ0v) is 14.0. The lowest BCUT2D eigenvalue weighted by Crippen LogP contribution is -2.65. The first-order chi connectivity index (χ1) is 10.3. The Morgan fingerprint density at radius 1 is 1.05 bits per heavy atom. The SMILES string of the molecule is C[C@]12CC[C@@H]3[C@@H](C(O)CC4(O)CCCC[C@]34C)[C@@H]1CCC2=O. The van der Waals surface area contributed by atoms with Crippen LogP contribution in [-0.2, 0) is 4.79 Å². The Morgan fingerprint density at radius 3 is 2.55 bits per heavy atom. The molecule has 4 saturated carbocycles. The van der Waals surface area contributed by atoms with E-state index in [0.29, 0.717) is 30.5 Å². The van der Waals surface area contributed by atoms with E-state index >= 15 is 0 Å². The predicted octanol–water partition coefficient (Wildman–Crippen LogP) is 3.07. The lowest BCUT2D eigenvalue weighted by molar-refractivity contribution is -0.234. The van der Waals surface area contributed by atoms with Crippen molar-refractivity contribution >= 4 is 5.78 Å². The fourth-order valence-corrected chi connectivity index (χ4v) is 7.02. The van der Waals surface area contributed by atoms with Gasteiger partial charge in [0, 0.05) is 18.3 Å². The van der Waals surface area contributed by atoms with Gasteiger partial charge in [0.25, 0.3) is 0 Å². The van der Waals surface area contributed by atoms with Gasteiger partial charge < -0.3 is 10.2 Å². The summed E-state index contributed by atoms with van der Waals surface area (Å²) in [6.45, 7) is 4.41. The first kappa shape index (κ1) is 15.1. The number of fused-ring (bicyclic) bond motifs is 5. The summed E-state index contributed by atoms with van der Waals surface area (Å²) >= 11 is 0.